The molecule has 2 heterocycles. The Morgan fingerprint density at radius 3 is 2.65 bits per heavy atom. The van der Waals surface area contributed by atoms with Crippen molar-refractivity contribution in [2.45, 2.75) is 31.6 Å². The van der Waals surface area contributed by atoms with Crippen LogP contribution >= 0.6 is 0 Å². The van der Waals surface area contributed by atoms with Gasteiger partial charge in [0.25, 0.3) is 0 Å². The lowest BCUT2D eigenvalue weighted by Crippen LogP contribution is -2.11. The first-order chi connectivity index (χ1) is 9.76. The highest BCUT2D eigenvalue weighted by molar-refractivity contribution is 5.53. The Hall–Kier alpha value is -2.08. The first-order valence-electron chi connectivity index (χ1n) is 6.74. The lowest BCUT2D eigenvalue weighted by atomic mass is 10.0. The number of halogens is 1. The van der Waals surface area contributed by atoms with Crippen molar-refractivity contribution in [2.24, 2.45) is 5.84 Å². The van der Waals surface area contributed by atoms with Gasteiger partial charge in [-0.3, -0.25) is 0 Å². The quantitative estimate of drug-likeness (QED) is 0.664. The van der Waals surface area contributed by atoms with Crippen LogP contribution in [0.4, 0.5) is 10.2 Å². The highest BCUT2D eigenvalue weighted by Crippen LogP contribution is 2.34. The average molecular weight is 273 g/mol. The van der Waals surface area contributed by atoms with Gasteiger partial charge in [-0.15, -0.1) is 0 Å². The van der Waals surface area contributed by atoms with E-state index in [-0.39, 0.29) is 5.82 Å². The first kappa shape index (κ1) is 12.9. The first-order valence-corrected chi connectivity index (χ1v) is 6.74. The van der Waals surface area contributed by atoms with E-state index in [1.54, 1.807) is 6.07 Å². The summed E-state index contributed by atoms with van der Waals surface area (Å²) in [5.74, 6) is 6.57. The molecule has 0 unspecified atom stereocenters. The molecule has 0 spiro atoms. The number of anilines is 1. The molecule has 0 aromatic carbocycles. The summed E-state index contributed by atoms with van der Waals surface area (Å²) >= 11 is 0. The molecule has 0 atom stereocenters. The number of rotatable bonds is 3. The number of aromatic nitrogens is 3. The van der Waals surface area contributed by atoms with E-state index >= 15 is 0 Å². The molecule has 0 bridgehead atoms. The number of hydrazine groups is 1. The fourth-order valence-corrected chi connectivity index (χ4v) is 2.59. The molecule has 3 N–H and O–H groups in total. The molecule has 1 saturated carbocycles. The minimum absolute atomic E-state index is 0.377. The summed E-state index contributed by atoms with van der Waals surface area (Å²) in [4.78, 5) is 12.9. The number of nitrogens with zero attached hydrogens (tertiary/aromatic N) is 3. The van der Waals surface area contributed by atoms with Gasteiger partial charge in [-0.2, -0.15) is 0 Å². The number of nitrogens with two attached hydrogens (primary N) is 1. The molecule has 6 heteroatoms. The maximum atomic E-state index is 12.9. The summed E-state index contributed by atoms with van der Waals surface area (Å²) in [7, 11) is 0. The average Bonchev–Trinajstić information content (AvgIpc) is 3.02. The second-order valence-electron chi connectivity index (χ2n) is 4.99. The summed E-state index contributed by atoms with van der Waals surface area (Å²) in [6, 6.07) is 4.80. The van der Waals surface area contributed by atoms with Crippen molar-refractivity contribution in [1.82, 2.24) is 15.0 Å². The number of hydrogen-bond acceptors (Lipinski definition) is 5. The van der Waals surface area contributed by atoms with Crippen molar-refractivity contribution in [3.8, 4) is 11.5 Å². The molecule has 1 aliphatic rings. The van der Waals surface area contributed by atoms with Crippen LogP contribution in [-0.2, 0) is 0 Å². The van der Waals surface area contributed by atoms with Crippen LogP contribution in [0.15, 0.2) is 24.4 Å². The topological polar surface area (TPSA) is 76.7 Å². The van der Waals surface area contributed by atoms with Crippen LogP contribution in [-0.4, -0.2) is 15.0 Å². The predicted molar refractivity (Wildman–Crippen MR) is 74.2 cm³/mol. The number of hydrogen-bond donors (Lipinski definition) is 2. The van der Waals surface area contributed by atoms with Gasteiger partial charge in [0.15, 0.2) is 5.82 Å². The molecule has 5 nitrogen and oxygen atoms in total. The monoisotopic (exact) mass is 273 g/mol. The van der Waals surface area contributed by atoms with E-state index in [0.29, 0.717) is 23.3 Å². The molecule has 104 valence electrons. The molecule has 1 aliphatic carbocycles. The van der Waals surface area contributed by atoms with E-state index in [0.717, 1.165) is 24.7 Å². The third kappa shape index (κ3) is 2.60. The molecule has 0 radical (unpaired) electrons. The zero-order chi connectivity index (χ0) is 13.9. The molecule has 20 heavy (non-hydrogen) atoms. The molecule has 1 fully saturated rings. The zero-order valence-corrected chi connectivity index (χ0v) is 11.0. The number of nitrogen functional groups attached to an aromatic ring is 1. The molecule has 2 aromatic heterocycles. The van der Waals surface area contributed by atoms with Crippen molar-refractivity contribution < 1.29 is 4.39 Å². The van der Waals surface area contributed by atoms with Gasteiger partial charge >= 0.3 is 0 Å². The minimum atomic E-state index is -0.377. The van der Waals surface area contributed by atoms with Crippen molar-refractivity contribution in [1.29, 1.82) is 0 Å². The van der Waals surface area contributed by atoms with Crippen LogP contribution in [0.5, 0.6) is 0 Å². The van der Waals surface area contributed by atoms with Crippen LogP contribution in [0, 0.1) is 5.82 Å². The van der Waals surface area contributed by atoms with Gasteiger partial charge in [-0.05, 0) is 25.0 Å². The summed E-state index contributed by atoms with van der Waals surface area (Å²) in [5, 5.41) is 0. The lowest BCUT2D eigenvalue weighted by Gasteiger charge is -2.12. The summed E-state index contributed by atoms with van der Waals surface area (Å²) in [5.41, 5.74) is 4.08. The van der Waals surface area contributed by atoms with Crippen LogP contribution < -0.4 is 11.3 Å². The van der Waals surface area contributed by atoms with Gasteiger partial charge in [0.2, 0.25) is 0 Å². The molecular formula is C14H16FN5. The summed E-state index contributed by atoms with van der Waals surface area (Å²) in [6.07, 6.45) is 5.89. The van der Waals surface area contributed by atoms with Crippen molar-refractivity contribution in [3.05, 3.63) is 35.9 Å². The third-order valence-electron chi connectivity index (χ3n) is 3.62. The SMILES string of the molecule is NNc1cc(C2CCCC2)nc(-c2ccc(F)cn2)n1. The van der Waals surface area contributed by atoms with Gasteiger partial charge in [-0.1, -0.05) is 12.8 Å². The van der Waals surface area contributed by atoms with E-state index in [4.69, 9.17) is 5.84 Å². The van der Waals surface area contributed by atoms with E-state index in [9.17, 15) is 4.39 Å². The van der Waals surface area contributed by atoms with E-state index < -0.39 is 0 Å². The highest BCUT2D eigenvalue weighted by Gasteiger charge is 2.20. The number of pyridine rings is 1. The maximum absolute atomic E-state index is 12.9. The molecule has 2 aromatic rings. The van der Waals surface area contributed by atoms with E-state index in [2.05, 4.69) is 20.4 Å². The second-order valence-corrected chi connectivity index (χ2v) is 4.99. The van der Waals surface area contributed by atoms with Crippen LogP contribution in [0.3, 0.4) is 0 Å². The van der Waals surface area contributed by atoms with Gasteiger partial charge in [0.1, 0.15) is 17.3 Å². The fraction of sp³-hybridized carbons (Fsp3) is 0.357. The minimum Gasteiger partial charge on any atom is -0.308 e. The standard InChI is InChI=1S/C14H16FN5/c15-10-5-6-11(17-8-10)14-18-12(7-13(19-14)20-16)9-3-1-2-4-9/h5-9H,1-4,16H2,(H,18,19,20). The Morgan fingerprint density at radius 1 is 1.20 bits per heavy atom. The zero-order valence-electron chi connectivity index (χ0n) is 11.0. The van der Waals surface area contributed by atoms with Crippen molar-refractivity contribution in [2.75, 3.05) is 5.43 Å². The van der Waals surface area contributed by atoms with Crippen LogP contribution in [0.25, 0.3) is 11.5 Å². The van der Waals surface area contributed by atoms with Crippen LogP contribution in [0.2, 0.25) is 0 Å². The van der Waals surface area contributed by atoms with Gasteiger partial charge in [-0.25, -0.2) is 25.2 Å². The predicted octanol–water partition coefficient (Wildman–Crippen LogP) is 2.62. The Bertz CT molecular complexity index is 593. The van der Waals surface area contributed by atoms with Gasteiger partial charge in [0.05, 0.1) is 6.20 Å². The Kier molecular flexibility index (Phi) is 3.56. The van der Waals surface area contributed by atoms with Gasteiger partial charge < -0.3 is 5.43 Å². The second kappa shape index (κ2) is 5.50. The largest absolute Gasteiger partial charge is 0.308 e. The molecule has 0 amide bonds. The van der Waals surface area contributed by atoms with Crippen molar-refractivity contribution in [3.63, 3.8) is 0 Å². The Morgan fingerprint density at radius 2 is 2.00 bits per heavy atom. The van der Waals surface area contributed by atoms with Gasteiger partial charge in [0, 0.05) is 17.7 Å². The third-order valence-corrected chi connectivity index (χ3v) is 3.62. The molecule has 0 saturated heterocycles. The Labute approximate surface area is 116 Å². The lowest BCUT2D eigenvalue weighted by molar-refractivity contribution is 0.621. The smallest absolute Gasteiger partial charge is 0.180 e. The molecular weight excluding hydrogens is 257 g/mol. The highest BCUT2D eigenvalue weighted by atomic mass is 19.1. The molecule has 0 aliphatic heterocycles. The van der Waals surface area contributed by atoms with Crippen molar-refractivity contribution >= 4 is 5.82 Å². The Balaban J connectivity index is 2.01. The number of nitrogens with one attached hydrogen (secondary N) is 1. The van der Waals surface area contributed by atoms with Crippen LogP contribution in [0.1, 0.15) is 37.3 Å². The summed E-state index contributed by atoms with van der Waals surface area (Å²) in [6.45, 7) is 0. The molecule has 3 rings (SSSR count). The van der Waals surface area contributed by atoms with E-state index in [1.807, 2.05) is 6.07 Å². The summed E-state index contributed by atoms with van der Waals surface area (Å²) < 4.78 is 12.9. The van der Waals surface area contributed by atoms with E-state index in [1.165, 1.54) is 18.9 Å². The maximum Gasteiger partial charge on any atom is 0.180 e. The fourth-order valence-electron chi connectivity index (χ4n) is 2.59. The normalized spacial score (nSPS) is 15.5.